The van der Waals surface area contributed by atoms with Gasteiger partial charge in [-0.3, -0.25) is 14.1 Å². The second-order valence-corrected chi connectivity index (χ2v) is 4.61. The molecule has 0 radical (unpaired) electrons. The summed E-state index contributed by atoms with van der Waals surface area (Å²) in [4.78, 5) is 22.1. The van der Waals surface area contributed by atoms with E-state index in [0.29, 0.717) is 6.08 Å². The molecule has 2 rings (SSSR count). The van der Waals surface area contributed by atoms with Crippen LogP contribution in [0.25, 0.3) is 4.91 Å². The van der Waals surface area contributed by atoms with E-state index in [2.05, 4.69) is 0 Å². The van der Waals surface area contributed by atoms with Crippen molar-refractivity contribution in [3.8, 4) is 0 Å². The van der Waals surface area contributed by atoms with Gasteiger partial charge in [0.1, 0.15) is 4.91 Å². The Morgan fingerprint density at radius 2 is 1.59 bits per heavy atom. The number of carbonyl (C=O) groups excluding carboxylic acids is 2. The van der Waals surface area contributed by atoms with Gasteiger partial charge in [0, 0.05) is 17.2 Å². The van der Waals surface area contributed by atoms with E-state index in [9.17, 15) is 18.0 Å². The SMILES string of the molecule is O=C1C=C(S(=O)(=O)O)c2ccccc2C1=O.[H-].[K+]. The summed E-state index contributed by atoms with van der Waals surface area (Å²) in [7, 11) is -4.51. The van der Waals surface area contributed by atoms with E-state index in [1.807, 2.05) is 0 Å². The average Bonchev–Trinajstić information content (AvgIpc) is 2.22. The van der Waals surface area contributed by atoms with Crippen molar-refractivity contribution >= 4 is 26.6 Å². The third-order valence-corrected chi connectivity index (χ3v) is 3.09. The minimum Gasteiger partial charge on any atom is -1.00 e. The monoisotopic (exact) mass is 278 g/mol. The average molecular weight is 278 g/mol. The van der Waals surface area contributed by atoms with E-state index in [0.717, 1.165) is 0 Å². The standard InChI is InChI=1S/C10H6O5S.K.H/c11-8-5-9(16(13,14)15)6-3-1-2-4-7(6)10(8)12;;/h1-5H,(H,13,14,15);;/q;+1;-1. The molecule has 84 valence electrons. The number of allylic oxidation sites excluding steroid dienone is 1. The van der Waals surface area contributed by atoms with E-state index < -0.39 is 26.6 Å². The fourth-order valence-corrected chi connectivity index (χ4v) is 2.22. The van der Waals surface area contributed by atoms with Crippen LogP contribution in [0, 0.1) is 0 Å². The summed E-state index contributed by atoms with van der Waals surface area (Å²) in [6.45, 7) is 0. The van der Waals surface area contributed by atoms with Crippen molar-refractivity contribution in [2.45, 2.75) is 0 Å². The zero-order valence-electron chi connectivity index (χ0n) is 9.88. The number of hydrogen-bond acceptors (Lipinski definition) is 4. The number of carbonyl (C=O) groups is 2. The maximum atomic E-state index is 11.4. The zero-order valence-corrected chi connectivity index (χ0v) is 12.8. The van der Waals surface area contributed by atoms with Crippen molar-refractivity contribution < 1.29 is 75.4 Å². The predicted molar refractivity (Wildman–Crippen MR) is 56.4 cm³/mol. The number of hydrogen-bond donors (Lipinski definition) is 1. The Morgan fingerprint density at radius 3 is 2.12 bits per heavy atom. The van der Waals surface area contributed by atoms with E-state index in [1.165, 1.54) is 24.3 Å². The van der Waals surface area contributed by atoms with Crippen molar-refractivity contribution in [3.63, 3.8) is 0 Å². The summed E-state index contributed by atoms with van der Waals surface area (Å²) in [5.74, 6) is -1.73. The molecule has 0 saturated carbocycles. The zero-order chi connectivity index (χ0) is 11.9. The summed E-state index contributed by atoms with van der Waals surface area (Å²) in [5, 5.41) is 0. The molecule has 0 heterocycles. The van der Waals surface area contributed by atoms with Crippen LogP contribution in [0.5, 0.6) is 0 Å². The summed E-state index contributed by atoms with van der Waals surface area (Å²) >= 11 is 0. The molecule has 1 N–H and O–H groups in total. The van der Waals surface area contributed by atoms with Crippen LogP contribution in [0.15, 0.2) is 30.3 Å². The van der Waals surface area contributed by atoms with E-state index in [1.54, 1.807) is 0 Å². The molecule has 5 nitrogen and oxygen atoms in total. The van der Waals surface area contributed by atoms with Gasteiger partial charge in [0.2, 0.25) is 11.6 Å². The van der Waals surface area contributed by atoms with Gasteiger partial charge in [-0.05, 0) is 0 Å². The van der Waals surface area contributed by atoms with Crippen molar-refractivity contribution in [2.24, 2.45) is 0 Å². The van der Waals surface area contributed by atoms with Gasteiger partial charge in [-0.15, -0.1) is 0 Å². The Bertz CT molecular complexity index is 635. The van der Waals surface area contributed by atoms with Crippen LogP contribution in [-0.4, -0.2) is 24.5 Å². The summed E-state index contributed by atoms with van der Waals surface area (Å²) in [5.41, 5.74) is 0.0391. The smallest absolute Gasteiger partial charge is 1.00 e. The van der Waals surface area contributed by atoms with Gasteiger partial charge in [0.15, 0.2) is 0 Å². The van der Waals surface area contributed by atoms with Crippen molar-refractivity contribution in [1.29, 1.82) is 0 Å². The number of Topliss-reactive ketones (excluding diaryl/α,β-unsaturated/α-hetero) is 1. The minimum atomic E-state index is -4.51. The van der Waals surface area contributed by atoms with Gasteiger partial charge >= 0.3 is 51.4 Å². The molecule has 1 aliphatic rings. The topological polar surface area (TPSA) is 88.5 Å². The Kier molecular flexibility index (Phi) is 4.58. The Labute approximate surface area is 142 Å². The number of fused-ring (bicyclic) bond motifs is 1. The van der Waals surface area contributed by atoms with Gasteiger partial charge < -0.3 is 1.43 Å². The molecule has 0 aliphatic heterocycles. The maximum absolute atomic E-state index is 11.4. The fraction of sp³-hybridized carbons (Fsp3) is 0. The number of rotatable bonds is 1. The van der Waals surface area contributed by atoms with Crippen LogP contribution < -0.4 is 51.4 Å². The van der Waals surface area contributed by atoms with Crippen LogP contribution in [-0.2, 0) is 14.9 Å². The van der Waals surface area contributed by atoms with Crippen LogP contribution in [0.4, 0.5) is 0 Å². The fourth-order valence-electron chi connectivity index (χ4n) is 1.50. The van der Waals surface area contributed by atoms with E-state index in [-0.39, 0.29) is 63.9 Å². The predicted octanol–water partition coefficient (Wildman–Crippen LogP) is -2.20. The van der Waals surface area contributed by atoms with E-state index >= 15 is 0 Å². The third kappa shape index (κ3) is 2.82. The quantitative estimate of drug-likeness (QED) is 0.358. The molecule has 17 heavy (non-hydrogen) atoms. The molecule has 0 amide bonds. The molecule has 0 saturated heterocycles. The first-order valence-corrected chi connectivity index (χ1v) is 5.72. The number of benzene rings is 1. The van der Waals surface area contributed by atoms with Gasteiger partial charge in [-0.25, -0.2) is 0 Å². The second-order valence-electron chi connectivity index (χ2n) is 3.22. The normalized spacial score (nSPS) is 14.8. The maximum Gasteiger partial charge on any atom is 1.00 e. The summed E-state index contributed by atoms with van der Waals surface area (Å²) in [6, 6.07) is 5.73. The van der Waals surface area contributed by atoms with Gasteiger partial charge in [0.05, 0.1) is 0 Å². The van der Waals surface area contributed by atoms with E-state index in [4.69, 9.17) is 4.55 Å². The second kappa shape index (κ2) is 5.23. The molecule has 0 atom stereocenters. The van der Waals surface area contributed by atoms with Gasteiger partial charge in [-0.1, -0.05) is 24.3 Å². The molecule has 0 bridgehead atoms. The van der Waals surface area contributed by atoms with Crippen LogP contribution in [0.3, 0.4) is 0 Å². The molecule has 0 aromatic heterocycles. The Balaban J connectivity index is 0.00000144. The van der Waals surface area contributed by atoms with Crippen molar-refractivity contribution in [3.05, 3.63) is 41.5 Å². The molecule has 1 aliphatic carbocycles. The van der Waals surface area contributed by atoms with Crippen LogP contribution in [0.1, 0.15) is 17.3 Å². The first-order chi connectivity index (χ1) is 7.41. The van der Waals surface area contributed by atoms with Crippen molar-refractivity contribution in [2.75, 3.05) is 0 Å². The number of ketones is 2. The molecule has 0 fully saturated rings. The molecular formula is C10H7KO5S. The van der Waals surface area contributed by atoms with Gasteiger partial charge in [0.25, 0.3) is 10.1 Å². The third-order valence-electron chi connectivity index (χ3n) is 2.20. The van der Waals surface area contributed by atoms with Gasteiger partial charge in [-0.2, -0.15) is 8.42 Å². The summed E-state index contributed by atoms with van der Waals surface area (Å²) in [6.07, 6.45) is 0.639. The largest absolute Gasteiger partial charge is 1.00 e. The molecule has 0 unspecified atom stereocenters. The molecule has 7 heteroatoms. The molecular weight excluding hydrogens is 271 g/mol. The first kappa shape index (κ1) is 14.9. The Morgan fingerprint density at radius 1 is 1.06 bits per heavy atom. The summed E-state index contributed by atoms with van der Waals surface area (Å²) < 4.78 is 31.0. The minimum absolute atomic E-state index is 0. The van der Waals surface area contributed by atoms with Crippen LogP contribution in [0.2, 0.25) is 0 Å². The molecule has 0 spiro atoms. The Hall–Kier alpha value is -0.154. The molecule has 1 aromatic rings. The first-order valence-electron chi connectivity index (χ1n) is 4.28. The van der Waals surface area contributed by atoms with Crippen LogP contribution >= 0.6 is 0 Å². The van der Waals surface area contributed by atoms with Crippen molar-refractivity contribution in [1.82, 2.24) is 0 Å². The molecule has 1 aromatic carbocycles.